The quantitative estimate of drug-likeness (QED) is 0.519. The average molecular weight is 201 g/mol. The van der Waals surface area contributed by atoms with Gasteiger partial charge < -0.3 is 15.5 Å². The van der Waals surface area contributed by atoms with E-state index in [9.17, 15) is 10.2 Å². The van der Waals surface area contributed by atoms with E-state index in [0.717, 1.165) is 38.8 Å². The van der Waals surface area contributed by atoms with Gasteiger partial charge >= 0.3 is 0 Å². The number of hydrogen-bond acceptors (Lipinski definition) is 3. The zero-order valence-corrected chi connectivity index (χ0v) is 8.97. The summed E-state index contributed by atoms with van der Waals surface area (Å²) in [5.41, 5.74) is 0. The second-order valence-corrected chi connectivity index (χ2v) is 4.35. The Bertz CT molecular complexity index is 134. The maximum absolute atomic E-state index is 9.59. The number of nitrogens with one attached hydrogen (secondary N) is 1. The molecular formula is C11H23NO2. The molecule has 0 bridgehead atoms. The largest absolute Gasteiger partial charge is 0.366 e. The van der Waals surface area contributed by atoms with Crippen LogP contribution in [0.15, 0.2) is 0 Å². The summed E-state index contributed by atoms with van der Waals surface area (Å²) in [4.78, 5) is 0. The molecule has 0 unspecified atom stereocenters. The van der Waals surface area contributed by atoms with Gasteiger partial charge in [-0.05, 0) is 38.8 Å². The van der Waals surface area contributed by atoms with Gasteiger partial charge in [-0.15, -0.1) is 0 Å². The molecule has 3 N–H and O–H groups in total. The van der Waals surface area contributed by atoms with Gasteiger partial charge in [-0.1, -0.05) is 12.8 Å². The smallest absolute Gasteiger partial charge is 0.162 e. The molecule has 1 fully saturated rings. The molecule has 0 aromatic heterocycles. The molecule has 3 heteroatoms. The molecular weight excluding hydrogens is 178 g/mol. The minimum Gasteiger partial charge on any atom is -0.366 e. The third-order valence-electron chi connectivity index (χ3n) is 2.86. The summed E-state index contributed by atoms with van der Waals surface area (Å²) in [5, 5.41) is 22.6. The van der Waals surface area contributed by atoms with Crippen molar-refractivity contribution in [3.8, 4) is 0 Å². The Morgan fingerprint density at radius 2 is 1.21 bits per heavy atom. The molecule has 0 radical (unpaired) electrons. The molecule has 1 aliphatic rings. The van der Waals surface area contributed by atoms with E-state index in [1.165, 1.54) is 12.8 Å². The van der Waals surface area contributed by atoms with E-state index in [0.29, 0.717) is 12.8 Å². The molecule has 1 heterocycles. The van der Waals surface area contributed by atoms with Crippen LogP contribution in [0.2, 0.25) is 0 Å². The summed E-state index contributed by atoms with van der Waals surface area (Å²) in [7, 11) is 0. The second-order valence-electron chi connectivity index (χ2n) is 4.35. The van der Waals surface area contributed by atoms with E-state index < -0.39 is 5.79 Å². The van der Waals surface area contributed by atoms with Crippen LogP contribution in [0.5, 0.6) is 0 Å². The maximum Gasteiger partial charge on any atom is 0.162 e. The van der Waals surface area contributed by atoms with Crippen molar-refractivity contribution in [2.24, 2.45) is 0 Å². The molecule has 0 aromatic rings. The summed E-state index contributed by atoms with van der Waals surface area (Å²) in [5.74, 6) is -1.40. The van der Waals surface area contributed by atoms with Crippen LogP contribution >= 0.6 is 0 Å². The average Bonchev–Trinajstić information content (AvgIpc) is 2.11. The second kappa shape index (κ2) is 6.38. The van der Waals surface area contributed by atoms with Crippen LogP contribution in [0.1, 0.15) is 51.4 Å². The van der Waals surface area contributed by atoms with Gasteiger partial charge in [0.15, 0.2) is 5.79 Å². The zero-order valence-electron chi connectivity index (χ0n) is 8.97. The predicted molar refractivity (Wildman–Crippen MR) is 57.0 cm³/mol. The third kappa shape index (κ3) is 5.58. The monoisotopic (exact) mass is 201 g/mol. The van der Waals surface area contributed by atoms with Crippen LogP contribution in [0.25, 0.3) is 0 Å². The first-order chi connectivity index (χ1) is 6.71. The predicted octanol–water partition coefficient (Wildman–Crippen LogP) is 1.39. The Labute approximate surface area is 86.5 Å². The lowest BCUT2D eigenvalue weighted by molar-refractivity contribution is -0.172. The molecule has 0 aromatic carbocycles. The fourth-order valence-corrected chi connectivity index (χ4v) is 1.92. The third-order valence-corrected chi connectivity index (χ3v) is 2.86. The SMILES string of the molecule is OC1(O)CCCCCCNCCCC1. The van der Waals surface area contributed by atoms with E-state index in [1.807, 2.05) is 0 Å². The van der Waals surface area contributed by atoms with Gasteiger partial charge in [-0.25, -0.2) is 0 Å². The summed E-state index contributed by atoms with van der Waals surface area (Å²) >= 11 is 0. The van der Waals surface area contributed by atoms with Crippen LogP contribution in [-0.4, -0.2) is 29.1 Å². The first-order valence-electron chi connectivity index (χ1n) is 5.86. The number of hydrogen-bond donors (Lipinski definition) is 3. The van der Waals surface area contributed by atoms with Crippen molar-refractivity contribution in [2.45, 2.75) is 57.2 Å². The molecule has 1 rings (SSSR count). The molecule has 1 saturated heterocycles. The van der Waals surface area contributed by atoms with E-state index in [-0.39, 0.29) is 0 Å². The number of rotatable bonds is 0. The van der Waals surface area contributed by atoms with Crippen molar-refractivity contribution >= 4 is 0 Å². The minimum absolute atomic E-state index is 0.522. The van der Waals surface area contributed by atoms with Crippen molar-refractivity contribution in [2.75, 3.05) is 13.1 Å². The van der Waals surface area contributed by atoms with Gasteiger partial charge in [0.05, 0.1) is 0 Å². The van der Waals surface area contributed by atoms with Gasteiger partial charge in [0.1, 0.15) is 0 Å². The van der Waals surface area contributed by atoms with Crippen LogP contribution in [0.4, 0.5) is 0 Å². The Morgan fingerprint density at radius 3 is 1.93 bits per heavy atom. The van der Waals surface area contributed by atoms with Gasteiger partial charge in [-0.2, -0.15) is 0 Å². The molecule has 0 saturated carbocycles. The van der Waals surface area contributed by atoms with E-state index in [2.05, 4.69) is 5.32 Å². The van der Waals surface area contributed by atoms with Crippen LogP contribution < -0.4 is 5.32 Å². The van der Waals surface area contributed by atoms with Gasteiger partial charge in [-0.3, -0.25) is 0 Å². The van der Waals surface area contributed by atoms with Crippen molar-refractivity contribution in [1.82, 2.24) is 5.32 Å². The molecule has 1 aliphatic heterocycles. The maximum atomic E-state index is 9.59. The van der Waals surface area contributed by atoms with Gasteiger partial charge in [0, 0.05) is 12.8 Å². The standard InChI is InChI=1S/C11H23NO2/c13-11(14)7-3-1-2-5-9-12-10-6-4-8-11/h12-14H,1-10H2. The minimum atomic E-state index is -1.40. The summed E-state index contributed by atoms with van der Waals surface area (Å²) < 4.78 is 0. The lowest BCUT2D eigenvalue weighted by Gasteiger charge is -2.22. The van der Waals surface area contributed by atoms with Gasteiger partial charge in [0.25, 0.3) is 0 Å². The van der Waals surface area contributed by atoms with E-state index in [1.54, 1.807) is 0 Å². The molecule has 14 heavy (non-hydrogen) atoms. The summed E-state index contributed by atoms with van der Waals surface area (Å²) in [6.45, 7) is 2.12. The zero-order chi connectivity index (χ0) is 10.3. The van der Waals surface area contributed by atoms with Crippen molar-refractivity contribution in [3.05, 3.63) is 0 Å². The normalized spacial score (nSPS) is 26.1. The van der Waals surface area contributed by atoms with Gasteiger partial charge in [0.2, 0.25) is 0 Å². The van der Waals surface area contributed by atoms with Crippen LogP contribution in [-0.2, 0) is 0 Å². The molecule has 0 atom stereocenters. The summed E-state index contributed by atoms with van der Waals surface area (Å²) in [6.07, 6.45) is 7.47. The first kappa shape index (κ1) is 12.0. The van der Waals surface area contributed by atoms with E-state index >= 15 is 0 Å². The molecule has 0 amide bonds. The lowest BCUT2D eigenvalue weighted by atomic mass is 10.0. The molecule has 0 aliphatic carbocycles. The number of aliphatic hydroxyl groups is 2. The Balaban J connectivity index is 2.24. The first-order valence-corrected chi connectivity index (χ1v) is 5.86. The molecule has 84 valence electrons. The summed E-state index contributed by atoms with van der Waals surface area (Å²) in [6, 6.07) is 0. The highest BCUT2D eigenvalue weighted by Gasteiger charge is 2.21. The van der Waals surface area contributed by atoms with Crippen molar-refractivity contribution < 1.29 is 10.2 Å². The molecule has 3 nitrogen and oxygen atoms in total. The highest BCUT2D eigenvalue weighted by molar-refractivity contribution is 4.66. The van der Waals surface area contributed by atoms with Crippen molar-refractivity contribution in [1.29, 1.82) is 0 Å². The lowest BCUT2D eigenvalue weighted by Crippen LogP contribution is -2.28. The topological polar surface area (TPSA) is 52.5 Å². The Kier molecular flexibility index (Phi) is 5.45. The fourth-order valence-electron chi connectivity index (χ4n) is 1.92. The van der Waals surface area contributed by atoms with Crippen molar-refractivity contribution in [3.63, 3.8) is 0 Å². The van der Waals surface area contributed by atoms with Crippen LogP contribution in [0, 0.1) is 0 Å². The van der Waals surface area contributed by atoms with Crippen LogP contribution in [0.3, 0.4) is 0 Å². The highest BCUT2D eigenvalue weighted by Crippen LogP contribution is 2.19. The Morgan fingerprint density at radius 1 is 0.714 bits per heavy atom. The Hall–Kier alpha value is -0.120. The fraction of sp³-hybridized carbons (Fsp3) is 1.00. The highest BCUT2D eigenvalue weighted by atomic mass is 16.5. The molecule has 0 spiro atoms. The van der Waals surface area contributed by atoms with E-state index in [4.69, 9.17) is 0 Å².